The first-order valence-electron chi connectivity index (χ1n) is 8.10. The summed E-state index contributed by atoms with van der Waals surface area (Å²) in [6.45, 7) is 3.61. The Morgan fingerprint density at radius 1 is 1.28 bits per heavy atom. The number of imidazole rings is 1. The van der Waals surface area contributed by atoms with Crippen LogP contribution < -0.4 is 4.90 Å². The number of aromatic carboxylic acids is 1. The standard InChI is InChI=1S/C19H17N3O3/c1-11-8-14-9-13(5-6-17(14)22(11)12(2)23)16-10-21-7-3-4-15(19(24)25)18(21)20-16/h3-7,9-11H,8H2,1-2H3,(H,24,25). The maximum Gasteiger partial charge on any atom is 0.339 e. The van der Waals surface area contributed by atoms with E-state index in [-0.39, 0.29) is 17.5 Å². The van der Waals surface area contributed by atoms with E-state index in [2.05, 4.69) is 4.98 Å². The summed E-state index contributed by atoms with van der Waals surface area (Å²) in [5.74, 6) is -0.958. The molecule has 0 radical (unpaired) electrons. The van der Waals surface area contributed by atoms with Gasteiger partial charge < -0.3 is 14.4 Å². The van der Waals surface area contributed by atoms with Crippen molar-refractivity contribution in [2.45, 2.75) is 26.3 Å². The number of carbonyl (C=O) groups is 2. The summed E-state index contributed by atoms with van der Waals surface area (Å²) in [6.07, 6.45) is 4.41. The lowest BCUT2D eigenvalue weighted by atomic mass is 10.1. The summed E-state index contributed by atoms with van der Waals surface area (Å²) in [7, 11) is 0. The quantitative estimate of drug-likeness (QED) is 0.781. The predicted octanol–water partition coefficient (Wildman–Crippen LogP) is 3.00. The Kier molecular flexibility index (Phi) is 3.35. The van der Waals surface area contributed by atoms with Gasteiger partial charge in [0.2, 0.25) is 5.91 Å². The van der Waals surface area contributed by atoms with Crippen LogP contribution in [0.2, 0.25) is 0 Å². The second-order valence-corrected chi connectivity index (χ2v) is 6.37. The van der Waals surface area contributed by atoms with Gasteiger partial charge in [0.25, 0.3) is 0 Å². The number of rotatable bonds is 2. The summed E-state index contributed by atoms with van der Waals surface area (Å²) in [5, 5.41) is 9.31. The van der Waals surface area contributed by atoms with E-state index in [4.69, 9.17) is 0 Å². The molecule has 0 fully saturated rings. The molecular weight excluding hydrogens is 318 g/mol. The molecular formula is C19H17N3O3. The molecule has 0 saturated heterocycles. The lowest BCUT2D eigenvalue weighted by Crippen LogP contribution is -2.33. The Balaban J connectivity index is 1.81. The van der Waals surface area contributed by atoms with Crippen molar-refractivity contribution in [2.75, 3.05) is 4.90 Å². The molecule has 6 nitrogen and oxygen atoms in total. The van der Waals surface area contributed by atoms with Crippen molar-refractivity contribution in [3.63, 3.8) is 0 Å². The zero-order valence-corrected chi connectivity index (χ0v) is 13.9. The van der Waals surface area contributed by atoms with Crippen molar-refractivity contribution in [3.05, 3.63) is 53.9 Å². The molecule has 6 heteroatoms. The Morgan fingerprint density at radius 2 is 2.08 bits per heavy atom. The Hall–Kier alpha value is -3.15. The molecule has 1 amide bonds. The maximum absolute atomic E-state index is 11.8. The normalized spacial score (nSPS) is 16.2. The average molecular weight is 335 g/mol. The first-order valence-corrected chi connectivity index (χ1v) is 8.10. The van der Waals surface area contributed by atoms with E-state index in [1.807, 2.05) is 36.2 Å². The summed E-state index contributed by atoms with van der Waals surface area (Å²) in [4.78, 5) is 29.5. The lowest BCUT2D eigenvalue weighted by Gasteiger charge is -2.20. The summed E-state index contributed by atoms with van der Waals surface area (Å²) >= 11 is 0. The monoisotopic (exact) mass is 335 g/mol. The Bertz CT molecular complexity index is 1020. The zero-order valence-electron chi connectivity index (χ0n) is 13.9. The second kappa shape index (κ2) is 5.44. The minimum Gasteiger partial charge on any atom is -0.478 e. The molecule has 1 unspecified atom stereocenters. The van der Waals surface area contributed by atoms with Gasteiger partial charge in [0, 0.05) is 36.6 Å². The first kappa shape index (κ1) is 15.4. The topological polar surface area (TPSA) is 74.9 Å². The van der Waals surface area contributed by atoms with Gasteiger partial charge in [-0.3, -0.25) is 4.79 Å². The van der Waals surface area contributed by atoms with E-state index in [1.54, 1.807) is 29.7 Å². The Labute approximate surface area is 144 Å². The van der Waals surface area contributed by atoms with Crippen molar-refractivity contribution in [2.24, 2.45) is 0 Å². The molecule has 0 spiro atoms. The van der Waals surface area contributed by atoms with Gasteiger partial charge in [0.15, 0.2) is 5.65 Å². The van der Waals surface area contributed by atoms with Crippen LogP contribution in [0.25, 0.3) is 16.9 Å². The number of aromatic nitrogens is 2. The van der Waals surface area contributed by atoms with Crippen molar-refractivity contribution in [3.8, 4) is 11.3 Å². The molecule has 2 aromatic heterocycles. The molecule has 1 aliphatic heterocycles. The van der Waals surface area contributed by atoms with E-state index < -0.39 is 5.97 Å². The predicted molar refractivity (Wildman–Crippen MR) is 93.9 cm³/mol. The van der Waals surface area contributed by atoms with Crippen molar-refractivity contribution in [1.82, 2.24) is 9.38 Å². The van der Waals surface area contributed by atoms with Crippen molar-refractivity contribution in [1.29, 1.82) is 0 Å². The first-order chi connectivity index (χ1) is 12.0. The van der Waals surface area contributed by atoms with Crippen molar-refractivity contribution >= 4 is 23.2 Å². The fourth-order valence-corrected chi connectivity index (χ4v) is 3.59. The van der Waals surface area contributed by atoms with E-state index >= 15 is 0 Å². The van der Waals surface area contributed by atoms with Gasteiger partial charge in [0.05, 0.1) is 5.69 Å². The molecule has 0 saturated carbocycles. The molecule has 25 heavy (non-hydrogen) atoms. The minimum atomic E-state index is -0.998. The van der Waals surface area contributed by atoms with Gasteiger partial charge in [-0.05, 0) is 43.2 Å². The third-order valence-corrected chi connectivity index (χ3v) is 4.64. The molecule has 1 aromatic carbocycles. The highest BCUT2D eigenvalue weighted by molar-refractivity contribution is 5.96. The fraction of sp³-hybridized carbons (Fsp3) is 0.211. The van der Waals surface area contributed by atoms with Crippen LogP contribution in [0.3, 0.4) is 0 Å². The van der Waals surface area contributed by atoms with Crippen LogP contribution in [0.4, 0.5) is 5.69 Å². The Morgan fingerprint density at radius 3 is 2.80 bits per heavy atom. The zero-order chi connectivity index (χ0) is 17.7. The average Bonchev–Trinajstić information content (AvgIpc) is 3.13. The summed E-state index contributed by atoms with van der Waals surface area (Å²) in [5.41, 5.74) is 4.27. The van der Waals surface area contributed by atoms with E-state index in [0.29, 0.717) is 11.3 Å². The highest BCUT2D eigenvalue weighted by Gasteiger charge is 2.29. The van der Waals surface area contributed by atoms with Crippen LogP contribution in [0, 0.1) is 0 Å². The molecule has 1 aliphatic rings. The minimum absolute atomic E-state index is 0.0397. The van der Waals surface area contributed by atoms with Gasteiger partial charge >= 0.3 is 5.97 Å². The van der Waals surface area contributed by atoms with E-state index in [0.717, 1.165) is 23.2 Å². The number of carbonyl (C=O) groups excluding carboxylic acids is 1. The molecule has 1 atom stereocenters. The maximum atomic E-state index is 11.8. The molecule has 1 N–H and O–H groups in total. The van der Waals surface area contributed by atoms with Gasteiger partial charge in [-0.15, -0.1) is 0 Å². The highest BCUT2D eigenvalue weighted by atomic mass is 16.4. The van der Waals surface area contributed by atoms with Gasteiger partial charge in [-0.1, -0.05) is 6.07 Å². The molecule has 4 rings (SSSR count). The molecule has 126 valence electrons. The summed E-state index contributed by atoms with van der Waals surface area (Å²) < 4.78 is 1.72. The number of carboxylic acid groups (broad SMARTS) is 1. The molecule has 0 aliphatic carbocycles. The SMILES string of the molecule is CC(=O)N1c2ccc(-c3cn4cccc(C(=O)O)c4n3)cc2CC1C. The third kappa shape index (κ3) is 2.38. The van der Waals surface area contributed by atoms with Crippen LogP contribution in [0.1, 0.15) is 29.8 Å². The number of fused-ring (bicyclic) bond motifs is 2. The number of carboxylic acids is 1. The number of benzene rings is 1. The lowest BCUT2D eigenvalue weighted by molar-refractivity contribution is -0.116. The number of pyridine rings is 1. The number of nitrogens with zero attached hydrogens (tertiary/aromatic N) is 3. The van der Waals surface area contributed by atoms with Gasteiger partial charge in [-0.25, -0.2) is 9.78 Å². The van der Waals surface area contributed by atoms with Crippen molar-refractivity contribution < 1.29 is 14.7 Å². The largest absolute Gasteiger partial charge is 0.478 e. The van der Waals surface area contributed by atoms with Gasteiger partial charge in [-0.2, -0.15) is 0 Å². The number of anilines is 1. The fourth-order valence-electron chi connectivity index (χ4n) is 3.59. The molecule has 0 bridgehead atoms. The number of hydrogen-bond donors (Lipinski definition) is 1. The van der Waals surface area contributed by atoms with Gasteiger partial charge in [0.1, 0.15) is 5.56 Å². The summed E-state index contributed by atoms with van der Waals surface area (Å²) in [6, 6.07) is 9.28. The van der Waals surface area contributed by atoms with Crippen LogP contribution in [0.15, 0.2) is 42.7 Å². The second-order valence-electron chi connectivity index (χ2n) is 6.37. The molecule has 3 aromatic rings. The smallest absolute Gasteiger partial charge is 0.339 e. The highest BCUT2D eigenvalue weighted by Crippen LogP contribution is 2.35. The molecule has 3 heterocycles. The van der Waals surface area contributed by atoms with Crippen LogP contribution in [-0.2, 0) is 11.2 Å². The van der Waals surface area contributed by atoms with E-state index in [9.17, 15) is 14.7 Å². The number of amides is 1. The van der Waals surface area contributed by atoms with Crippen LogP contribution >= 0.6 is 0 Å². The van der Waals surface area contributed by atoms with E-state index in [1.165, 1.54) is 0 Å². The van der Waals surface area contributed by atoms with Crippen LogP contribution in [0.5, 0.6) is 0 Å². The number of hydrogen-bond acceptors (Lipinski definition) is 3. The third-order valence-electron chi connectivity index (χ3n) is 4.64. The van der Waals surface area contributed by atoms with Crippen LogP contribution in [-0.4, -0.2) is 32.4 Å².